The highest BCUT2D eigenvalue weighted by Gasteiger charge is 2.25. The standard InChI is InChI=1S/C14H24O2/c1-3-5-6-7-9-14-11-12(15)10-13(16-14)8-4-2/h4,8,13-14H,3,5-7,9-11H2,1-2H3/b8-4+/t13-,14+/m1/s1. The van der Waals surface area contributed by atoms with Crippen LogP contribution in [0.4, 0.5) is 0 Å². The van der Waals surface area contributed by atoms with Crippen LogP contribution in [0, 0.1) is 0 Å². The number of Topliss-reactive ketones (excluding diaryl/α,β-unsaturated/α-hetero) is 1. The molecule has 0 saturated carbocycles. The first-order valence-corrected chi connectivity index (χ1v) is 6.56. The molecular formula is C14H24O2. The summed E-state index contributed by atoms with van der Waals surface area (Å²) >= 11 is 0. The molecule has 1 aliphatic heterocycles. The van der Waals surface area contributed by atoms with Gasteiger partial charge in [-0.05, 0) is 13.3 Å². The van der Waals surface area contributed by atoms with Crippen molar-refractivity contribution in [1.29, 1.82) is 0 Å². The van der Waals surface area contributed by atoms with Gasteiger partial charge in [0.05, 0.1) is 12.2 Å². The van der Waals surface area contributed by atoms with Crippen LogP contribution in [0.1, 0.15) is 58.8 Å². The predicted octanol–water partition coefficient (Wildman–Crippen LogP) is 3.65. The Morgan fingerprint density at radius 3 is 2.81 bits per heavy atom. The molecule has 92 valence electrons. The Balaban J connectivity index is 2.27. The van der Waals surface area contributed by atoms with E-state index in [0.29, 0.717) is 18.6 Å². The lowest BCUT2D eigenvalue weighted by atomic mass is 9.98. The number of rotatable bonds is 6. The van der Waals surface area contributed by atoms with E-state index in [0.717, 1.165) is 6.42 Å². The molecule has 1 heterocycles. The minimum Gasteiger partial charge on any atom is -0.370 e. The summed E-state index contributed by atoms with van der Waals surface area (Å²) in [5.41, 5.74) is 0. The lowest BCUT2D eigenvalue weighted by Gasteiger charge is -2.27. The van der Waals surface area contributed by atoms with Crippen LogP contribution in [0.25, 0.3) is 0 Å². The van der Waals surface area contributed by atoms with Crippen LogP contribution in [0.5, 0.6) is 0 Å². The second kappa shape index (κ2) is 7.61. The van der Waals surface area contributed by atoms with Crippen molar-refractivity contribution in [2.45, 2.75) is 71.0 Å². The van der Waals surface area contributed by atoms with Crippen LogP contribution < -0.4 is 0 Å². The molecule has 1 rings (SSSR count). The Labute approximate surface area is 99.1 Å². The van der Waals surface area contributed by atoms with Crippen molar-refractivity contribution in [2.75, 3.05) is 0 Å². The number of hydrogen-bond donors (Lipinski definition) is 0. The summed E-state index contributed by atoms with van der Waals surface area (Å²) in [4.78, 5) is 11.5. The summed E-state index contributed by atoms with van der Waals surface area (Å²) < 4.78 is 5.87. The monoisotopic (exact) mass is 224 g/mol. The van der Waals surface area contributed by atoms with Gasteiger partial charge in [0.25, 0.3) is 0 Å². The Morgan fingerprint density at radius 2 is 2.12 bits per heavy atom. The average Bonchev–Trinajstić information content (AvgIpc) is 2.24. The first-order valence-electron chi connectivity index (χ1n) is 6.56. The SMILES string of the molecule is C/C=C/[C@@H]1CC(=O)C[C@H](CCCCCC)O1. The number of ether oxygens (including phenoxy) is 1. The fourth-order valence-electron chi connectivity index (χ4n) is 2.20. The number of carbonyl (C=O) groups is 1. The first-order chi connectivity index (χ1) is 7.76. The molecule has 0 bridgehead atoms. The highest BCUT2D eigenvalue weighted by Crippen LogP contribution is 2.21. The van der Waals surface area contributed by atoms with Gasteiger partial charge in [0.15, 0.2) is 0 Å². The van der Waals surface area contributed by atoms with Gasteiger partial charge in [0.1, 0.15) is 5.78 Å². The van der Waals surface area contributed by atoms with Crippen LogP contribution in [0.2, 0.25) is 0 Å². The molecule has 1 aliphatic rings. The third kappa shape index (κ3) is 4.93. The van der Waals surface area contributed by atoms with Crippen molar-refractivity contribution in [3.63, 3.8) is 0 Å². The highest BCUT2D eigenvalue weighted by molar-refractivity contribution is 5.80. The fourth-order valence-corrected chi connectivity index (χ4v) is 2.20. The van der Waals surface area contributed by atoms with Gasteiger partial charge in [0.2, 0.25) is 0 Å². The van der Waals surface area contributed by atoms with E-state index in [1.165, 1.54) is 25.7 Å². The molecule has 1 fully saturated rings. The molecule has 16 heavy (non-hydrogen) atoms. The predicted molar refractivity (Wildman–Crippen MR) is 66.5 cm³/mol. The van der Waals surface area contributed by atoms with Crippen molar-refractivity contribution in [2.24, 2.45) is 0 Å². The molecule has 0 N–H and O–H groups in total. The molecule has 1 saturated heterocycles. The summed E-state index contributed by atoms with van der Waals surface area (Å²) in [6.45, 7) is 4.18. The van der Waals surface area contributed by atoms with E-state index < -0.39 is 0 Å². The third-order valence-corrected chi connectivity index (χ3v) is 3.04. The minimum absolute atomic E-state index is 0.0300. The van der Waals surface area contributed by atoms with Crippen molar-refractivity contribution < 1.29 is 9.53 Å². The third-order valence-electron chi connectivity index (χ3n) is 3.04. The molecule has 0 aliphatic carbocycles. The smallest absolute Gasteiger partial charge is 0.138 e. The molecule has 2 heteroatoms. The van der Waals surface area contributed by atoms with Gasteiger partial charge in [-0.1, -0.05) is 44.8 Å². The van der Waals surface area contributed by atoms with Crippen molar-refractivity contribution in [1.82, 2.24) is 0 Å². The van der Waals surface area contributed by atoms with Crippen LogP contribution >= 0.6 is 0 Å². The first kappa shape index (κ1) is 13.4. The Kier molecular flexibility index (Phi) is 6.39. The zero-order chi connectivity index (χ0) is 11.8. The van der Waals surface area contributed by atoms with Crippen molar-refractivity contribution in [3.05, 3.63) is 12.2 Å². The molecule has 0 aromatic carbocycles. The number of allylic oxidation sites excluding steroid dienone is 1. The number of hydrogen-bond acceptors (Lipinski definition) is 2. The van der Waals surface area contributed by atoms with Crippen molar-refractivity contribution in [3.8, 4) is 0 Å². The number of unbranched alkanes of at least 4 members (excludes halogenated alkanes) is 3. The second-order valence-corrected chi connectivity index (χ2v) is 4.62. The fraction of sp³-hybridized carbons (Fsp3) is 0.786. The van der Waals surface area contributed by atoms with Crippen LogP contribution in [0.15, 0.2) is 12.2 Å². The summed E-state index contributed by atoms with van der Waals surface area (Å²) in [6, 6.07) is 0. The summed E-state index contributed by atoms with van der Waals surface area (Å²) in [5.74, 6) is 0.356. The summed E-state index contributed by atoms with van der Waals surface area (Å²) in [5, 5.41) is 0. The van der Waals surface area contributed by atoms with Gasteiger partial charge >= 0.3 is 0 Å². The van der Waals surface area contributed by atoms with Gasteiger partial charge < -0.3 is 4.74 Å². The molecule has 0 aromatic rings. The highest BCUT2D eigenvalue weighted by atomic mass is 16.5. The summed E-state index contributed by atoms with van der Waals surface area (Å²) in [6.07, 6.45) is 11.4. The van der Waals surface area contributed by atoms with E-state index in [2.05, 4.69) is 6.92 Å². The van der Waals surface area contributed by atoms with E-state index in [4.69, 9.17) is 4.74 Å². The molecule has 0 amide bonds. The van der Waals surface area contributed by atoms with Crippen LogP contribution in [-0.2, 0) is 9.53 Å². The maximum Gasteiger partial charge on any atom is 0.138 e. The Bertz CT molecular complexity index is 233. The van der Waals surface area contributed by atoms with Gasteiger partial charge in [-0.25, -0.2) is 0 Å². The largest absolute Gasteiger partial charge is 0.370 e. The minimum atomic E-state index is 0.0300. The zero-order valence-electron chi connectivity index (χ0n) is 10.6. The molecule has 0 spiro atoms. The van der Waals surface area contributed by atoms with Crippen LogP contribution in [-0.4, -0.2) is 18.0 Å². The normalized spacial score (nSPS) is 26.5. The maximum atomic E-state index is 11.5. The van der Waals surface area contributed by atoms with Crippen LogP contribution in [0.3, 0.4) is 0 Å². The van der Waals surface area contributed by atoms with E-state index in [-0.39, 0.29) is 12.2 Å². The lowest BCUT2D eigenvalue weighted by molar-refractivity contribution is -0.132. The van der Waals surface area contributed by atoms with Gasteiger partial charge in [0, 0.05) is 12.8 Å². The Hall–Kier alpha value is -0.630. The lowest BCUT2D eigenvalue weighted by Crippen LogP contribution is -2.31. The molecular weight excluding hydrogens is 200 g/mol. The zero-order valence-corrected chi connectivity index (χ0v) is 10.6. The van der Waals surface area contributed by atoms with E-state index in [1.54, 1.807) is 0 Å². The second-order valence-electron chi connectivity index (χ2n) is 4.62. The molecule has 2 atom stereocenters. The van der Waals surface area contributed by atoms with E-state index >= 15 is 0 Å². The molecule has 2 nitrogen and oxygen atoms in total. The average molecular weight is 224 g/mol. The summed E-state index contributed by atoms with van der Waals surface area (Å²) in [7, 11) is 0. The van der Waals surface area contributed by atoms with Crippen molar-refractivity contribution >= 4 is 5.78 Å². The Morgan fingerprint density at radius 1 is 1.31 bits per heavy atom. The number of ketones is 1. The molecule has 0 radical (unpaired) electrons. The topological polar surface area (TPSA) is 26.3 Å². The van der Waals surface area contributed by atoms with Gasteiger partial charge in [-0.15, -0.1) is 0 Å². The van der Waals surface area contributed by atoms with E-state index in [1.807, 2.05) is 19.1 Å². The van der Waals surface area contributed by atoms with E-state index in [9.17, 15) is 4.79 Å². The quantitative estimate of drug-likeness (QED) is 0.508. The molecule has 0 aromatic heterocycles. The number of carbonyl (C=O) groups excluding carboxylic acids is 1. The maximum absolute atomic E-state index is 11.5. The molecule has 0 unspecified atom stereocenters. The van der Waals surface area contributed by atoms with Gasteiger partial charge in [-0.3, -0.25) is 4.79 Å². The van der Waals surface area contributed by atoms with Gasteiger partial charge in [-0.2, -0.15) is 0 Å².